The molecule has 0 N–H and O–H groups in total. The van der Waals surface area contributed by atoms with Crippen LogP contribution in [0.4, 0.5) is 10.2 Å². The van der Waals surface area contributed by atoms with E-state index < -0.39 is 5.82 Å². The lowest BCUT2D eigenvalue weighted by Crippen LogP contribution is -2.39. The van der Waals surface area contributed by atoms with Gasteiger partial charge in [-0.1, -0.05) is 29.3 Å². The third-order valence-corrected chi connectivity index (χ3v) is 3.89. The molecule has 110 valence electrons. The molecule has 1 saturated heterocycles. The number of hydrogen-bond acceptors (Lipinski definition) is 4. The Kier molecular flexibility index (Phi) is 4.24. The fourth-order valence-corrected chi connectivity index (χ4v) is 2.71. The van der Waals surface area contributed by atoms with E-state index in [1.807, 2.05) is 4.90 Å². The molecule has 1 aromatic carbocycles. The van der Waals surface area contributed by atoms with Crippen molar-refractivity contribution in [3.05, 3.63) is 52.1 Å². The molecular weight excluding hydrogens is 316 g/mol. The standard InChI is InChI=1S/C14H12Cl2FN3O/c15-10-5-9(1-2-12(10)17)13-7-20(3-4-21-13)14-11(16)6-18-8-19-14/h1-2,5-6,8,13H,3-4,7H2. The summed E-state index contributed by atoms with van der Waals surface area (Å²) in [6, 6.07) is 4.61. The second-order valence-corrected chi connectivity index (χ2v) is 5.49. The molecule has 0 amide bonds. The van der Waals surface area contributed by atoms with Crippen molar-refractivity contribution >= 4 is 29.0 Å². The van der Waals surface area contributed by atoms with Crippen LogP contribution >= 0.6 is 23.2 Å². The van der Waals surface area contributed by atoms with Gasteiger partial charge in [0.15, 0.2) is 5.82 Å². The maximum Gasteiger partial charge on any atom is 0.151 e. The summed E-state index contributed by atoms with van der Waals surface area (Å²) >= 11 is 11.9. The number of rotatable bonds is 2. The molecule has 2 aromatic rings. The minimum atomic E-state index is -0.438. The molecule has 2 heterocycles. The van der Waals surface area contributed by atoms with Gasteiger partial charge in [0.2, 0.25) is 0 Å². The molecule has 1 aliphatic heterocycles. The number of hydrogen-bond donors (Lipinski definition) is 0. The summed E-state index contributed by atoms with van der Waals surface area (Å²) in [5.41, 5.74) is 0.830. The van der Waals surface area contributed by atoms with Crippen molar-refractivity contribution < 1.29 is 9.13 Å². The first-order chi connectivity index (χ1) is 10.1. The predicted octanol–water partition coefficient (Wildman–Crippen LogP) is 3.50. The highest BCUT2D eigenvalue weighted by Crippen LogP contribution is 2.30. The van der Waals surface area contributed by atoms with Crippen LogP contribution in [0.2, 0.25) is 10.0 Å². The lowest BCUT2D eigenvalue weighted by Gasteiger charge is -2.34. The van der Waals surface area contributed by atoms with Gasteiger partial charge in [-0.2, -0.15) is 0 Å². The average Bonchev–Trinajstić information content (AvgIpc) is 2.51. The van der Waals surface area contributed by atoms with Crippen molar-refractivity contribution in [1.82, 2.24) is 9.97 Å². The summed E-state index contributed by atoms with van der Waals surface area (Å²) in [6.45, 7) is 1.78. The van der Waals surface area contributed by atoms with E-state index in [9.17, 15) is 4.39 Å². The quantitative estimate of drug-likeness (QED) is 0.846. The largest absolute Gasteiger partial charge is 0.370 e. The summed E-state index contributed by atoms with van der Waals surface area (Å²) in [5, 5.41) is 0.587. The Bertz CT molecular complexity index is 656. The fraction of sp³-hybridized carbons (Fsp3) is 0.286. The van der Waals surface area contributed by atoms with Crippen LogP contribution in [-0.2, 0) is 4.74 Å². The van der Waals surface area contributed by atoms with Gasteiger partial charge in [0.05, 0.1) is 17.8 Å². The third-order valence-electron chi connectivity index (χ3n) is 3.33. The van der Waals surface area contributed by atoms with Crippen molar-refractivity contribution in [2.45, 2.75) is 6.10 Å². The molecule has 0 radical (unpaired) electrons. The van der Waals surface area contributed by atoms with Gasteiger partial charge in [-0.15, -0.1) is 0 Å². The van der Waals surface area contributed by atoms with Crippen LogP contribution in [-0.4, -0.2) is 29.7 Å². The number of benzene rings is 1. The predicted molar refractivity (Wildman–Crippen MR) is 79.4 cm³/mol. The Morgan fingerprint density at radius 1 is 1.29 bits per heavy atom. The molecular formula is C14H12Cl2FN3O. The maximum atomic E-state index is 13.2. The van der Waals surface area contributed by atoms with Crippen LogP contribution in [0.5, 0.6) is 0 Å². The van der Waals surface area contributed by atoms with Crippen molar-refractivity contribution in [3.8, 4) is 0 Å². The Morgan fingerprint density at radius 3 is 2.90 bits per heavy atom. The summed E-state index contributed by atoms with van der Waals surface area (Å²) < 4.78 is 19.0. The molecule has 4 nitrogen and oxygen atoms in total. The Labute approximate surface area is 131 Å². The van der Waals surface area contributed by atoms with E-state index in [0.717, 1.165) is 5.56 Å². The number of nitrogens with zero attached hydrogens (tertiary/aromatic N) is 3. The first-order valence-corrected chi connectivity index (χ1v) is 7.18. The molecule has 1 aliphatic rings. The van der Waals surface area contributed by atoms with Crippen LogP contribution in [0.1, 0.15) is 11.7 Å². The van der Waals surface area contributed by atoms with Crippen molar-refractivity contribution in [1.29, 1.82) is 0 Å². The van der Waals surface area contributed by atoms with Gasteiger partial charge in [-0.05, 0) is 17.7 Å². The highest BCUT2D eigenvalue weighted by Gasteiger charge is 2.24. The summed E-state index contributed by atoms with van der Waals surface area (Å²) in [6.07, 6.45) is 2.81. The smallest absolute Gasteiger partial charge is 0.151 e. The third kappa shape index (κ3) is 3.10. The summed E-state index contributed by atoms with van der Waals surface area (Å²) in [7, 11) is 0. The second-order valence-electron chi connectivity index (χ2n) is 4.67. The van der Waals surface area contributed by atoms with Gasteiger partial charge >= 0.3 is 0 Å². The van der Waals surface area contributed by atoms with E-state index in [-0.39, 0.29) is 11.1 Å². The van der Waals surface area contributed by atoms with Crippen LogP contribution < -0.4 is 4.90 Å². The maximum absolute atomic E-state index is 13.2. The van der Waals surface area contributed by atoms with Gasteiger partial charge in [0, 0.05) is 13.1 Å². The topological polar surface area (TPSA) is 38.2 Å². The molecule has 0 bridgehead atoms. The number of aromatic nitrogens is 2. The monoisotopic (exact) mass is 327 g/mol. The normalized spacial score (nSPS) is 18.8. The number of morpholine rings is 1. The molecule has 1 aromatic heterocycles. The second kappa shape index (κ2) is 6.13. The zero-order chi connectivity index (χ0) is 14.8. The fourth-order valence-electron chi connectivity index (χ4n) is 2.29. The van der Waals surface area contributed by atoms with E-state index in [1.54, 1.807) is 18.3 Å². The number of halogens is 3. The zero-order valence-corrected chi connectivity index (χ0v) is 12.5. The van der Waals surface area contributed by atoms with Crippen LogP contribution in [0.3, 0.4) is 0 Å². The Morgan fingerprint density at radius 2 is 2.14 bits per heavy atom. The van der Waals surface area contributed by atoms with Gasteiger partial charge in [0.1, 0.15) is 23.3 Å². The van der Waals surface area contributed by atoms with Crippen LogP contribution in [0, 0.1) is 5.82 Å². The summed E-state index contributed by atoms with van der Waals surface area (Å²) in [4.78, 5) is 10.1. The first-order valence-electron chi connectivity index (χ1n) is 6.42. The lowest BCUT2D eigenvalue weighted by atomic mass is 10.1. The molecule has 0 spiro atoms. The highest BCUT2D eigenvalue weighted by molar-refractivity contribution is 6.32. The van der Waals surface area contributed by atoms with Gasteiger partial charge in [-0.25, -0.2) is 14.4 Å². The van der Waals surface area contributed by atoms with E-state index in [1.165, 1.54) is 12.4 Å². The van der Waals surface area contributed by atoms with Gasteiger partial charge in [0.25, 0.3) is 0 Å². The number of ether oxygens (including phenoxy) is 1. The molecule has 3 rings (SSSR count). The van der Waals surface area contributed by atoms with Crippen molar-refractivity contribution in [2.24, 2.45) is 0 Å². The molecule has 1 fully saturated rings. The van der Waals surface area contributed by atoms with Crippen LogP contribution in [0.15, 0.2) is 30.7 Å². The minimum Gasteiger partial charge on any atom is -0.370 e. The van der Waals surface area contributed by atoms with Crippen molar-refractivity contribution in [3.63, 3.8) is 0 Å². The Balaban J connectivity index is 1.83. The Hall–Kier alpha value is -1.43. The zero-order valence-electron chi connectivity index (χ0n) is 11.0. The molecule has 0 saturated carbocycles. The van der Waals surface area contributed by atoms with E-state index >= 15 is 0 Å². The lowest BCUT2D eigenvalue weighted by molar-refractivity contribution is 0.0395. The molecule has 1 unspecified atom stereocenters. The van der Waals surface area contributed by atoms with E-state index in [4.69, 9.17) is 27.9 Å². The molecule has 1 atom stereocenters. The van der Waals surface area contributed by atoms with Crippen LogP contribution in [0.25, 0.3) is 0 Å². The van der Waals surface area contributed by atoms with Crippen molar-refractivity contribution in [2.75, 3.05) is 24.6 Å². The highest BCUT2D eigenvalue weighted by atomic mass is 35.5. The summed E-state index contributed by atoms with van der Waals surface area (Å²) in [5.74, 6) is 0.236. The SMILES string of the molecule is Fc1ccc(C2CN(c3ncncc3Cl)CCO2)cc1Cl. The van der Waals surface area contributed by atoms with E-state index in [0.29, 0.717) is 30.5 Å². The van der Waals surface area contributed by atoms with Gasteiger partial charge in [-0.3, -0.25) is 0 Å². The molecule has 0 aliphatic carbocycles. The molecule has 7 heteroatoms. The van der Waals surface area contributed by atoms with Gasteiger partial charge < -0.3 is 9.64 Å². The number of anilines is 1. The molecule has 21 heavy (non-hydrogen) atoms. The average molecular weight is 328 g/mol. The minimum absolute atomic E-state index is 0.0910. The van der Waals surface area contributed by atoms with E-state index in [2.05, 4.69) is 9.97 Å². The first kappa shape index (κ1) is 14.5.